The number of nitrogens with zero attached hydrogens (tertiary/aromatic N) is 1. The molecule has 2 amide bonds. The molecule has 0 aliphatic heterocycles. The Labute approximate surface area is 176 Å². The second-order valence-corrected chi connectivity index (χ2v) is 8.02. The molecule has 2 aromatic carbocycles. The van der Waals surface area contributed by atoms with Crippen LogP contribution in [0.2, 0.25) is 0 Å². The molecule has 0 bridgehead atoms. The zero-order valence-electron chi connectivity index (χ0n) is 17.3. The molecule has 1 aromatic heterocycles. The predicted octanol–water partition coefficient (Wildman–Crippen LogP) is 5.49. The van der Waals surface area contributed by atoms with Gasteiger partial charge in [-0.05, 0) is 61.7 Å². The van der Waals surface area contributed by atoms with Gasteiger partial charge in [0.25, 0.3) is 0 Å². The molecule has 0 unspecified atom stereocenters. The molecule has 0 spiro atoms. The summed E-state index contributed by atoms with van der Waals surface area (Å²) in [5.74, 6) is 1.04. The summed E-state index contributed by atoms with van der Waals surface area (Å²) < 4.78 is 0. The zero-order valence-corrected chi connectivity index (χ0v) is 17.3. The van der Waals surface area contributed by atoms with Crippen molar-refractivity contribution in [2.75, 3.05) is 10.6 Å². The minimum atomic E-state index is 0.0162. The van der Waals surface area contributed by atoms with Gasteiger partial charge in [0, 0.05) is 29.3 Å². The van der Waals surface area contributed by atoms with Gasteiger partial charge in [0.1, 0.15) is 5.82 Å². The first-order valence-corrected chi connectivity index (χ1v) is 10.8. The van der Waals surface area contributed by atoms with Crippen LogP contribution in [0.25, 0.3) is 22.4 Å². The Morgan fingerprint density at radius 2 is 1.73 bits per heavy atom. The number of carbonyl (C=O) groups is 2. The van der Waals surface area contributed by atoms with Gasteiger partial charge < -0.3 is 15.6 Å². The molecule has 30 heavy (non-hydrogen) atoms. The van der Waals surface area contributed by atoms with Crippen LogP contribution in [0.4, 0.5) is 11.4 Å². The fraction of sp³-hybridized carbons (Fsp3) is 0.375. The van der Waals surface area contributed by atoms with Crippen molar-refractivity contribution in [3.05, 3.63) is 42.5 Å². The van der Waals surface area contributed by atoms with Crippen LogP contribution in [0.3, 0.4) is 0 Å². The van der Waals surface area contributed by atoms with Crippen molar-refractivity contribution < 1.29 is 9.59 Å². The maximum Gasteiger partial charge on any atom is 0.227 e. The molecule has 1 aliphatic carbocycles. The number of amides is 2. The van der Waals surface area contributed by atoms with E-state index >= 15 is 0 Å². The van der Waals surface area contributed by atoms with Crippen LogP contribution in [0.1, 0.15) is 51.9 Å². The third-order valence-electron chi connectivity index (χ3n) is 5.64. The highest BCUT2D eigenvalue weighted by molar-refractivity contribution is 5.94. The number of H-pyrrole nitrogens is 1. The third kappa shape index (κ3) is 4.70. The zero-order chi connectivity index (χ0) is 20.9. The van der Waals surface area contributed by atoms with E-state index in [0.29, 0.717) is 6.42 Å². The number of rotatable bonds is 6. The molecule has 6 heteroatoms. The maximum atomic E-state index is 12.4. The number of aromatic nitrogens is 2. The number of carbonyl (C=O) groups excluding carboxylic acids is 2. The van der Waals surface area contributed by atoms with Gasteiger partial charge in [0.2, 0.25) is 11.8 Å². The standard InChI is InChI=1S/C24H28N4O2/c1-2-6-22(29)25-19-13-14-20-21(15-19)28-23(27-20)16-9-11-18(12-10-16)26-24(30)17-7-4-3-5-8-17/h9-15,17H,2-8H2,1H3,(H,25,29)(H,26,30)(H,27,28). The normalized spacial score (nSPS) is 14.6. The quantitative estimate of drug-likeness (QED) is 0.508. The van der Waals surface area contributed by atoms with Crippen LogP contribution in [-0.2, 0) is 9.59 Å². The Hall–Kier alpha value is -3.15. The largest absolute Gasteiger partial charge is 0.338 e. The Morgan fingerprint density at radius 3 is 2.47 bits per heavy atom. The lowest BCUT2D eigenvalue weighted by atomic mass is 9.88. The molecule has 6 nitrogen and oxygen atoms in total. The number of aromatic amines is 1. The van der Waals surface area contributed by atoms with Crippen LogP contribution in [0, 0.1) is 5.92 Å². The number of fused-ring (bicyclic) bond motifs is 1. The Bertz CT molecular complexity index is 1030. The van der Waals surface area contributed by atoms with Gasteiger partial charge in [-0.3, -0.25) is 9.59 Å². The smallest absolute Gasteiger partial charge is 0.227 e. The first kappa shape index (κ1) is 20.1. The van der Waals surface area contributed by atoms with Crippen molar-refractivity contribution in [3.63, 3.8) is 0 Å². The van der Waals surface area contributed by atoms with Crippen LogP contribution >= 0.6 is 0 Å². The van der Waals surface area contributed by atoms with Crippen LogP contribution < -0.4 is 10.6 Å². The van der Waals surface area contributed by atoms with Gasteiger partial charge >= 0.3 is 0 Å². The molecule has 0 atom stereocenters. The fourth-order valence-electron chi connectivity index (χ4n) is 4.00. The van der Waals surface area contributed by atoms with Gasteiger partial charge in [-0.1, -0.05) is 26.2 Å². The molecular formula is C24H28N4O2. The number of nitrogens with one attached hydrogen (secondary N) is 3. The summed E-state index contributed by atoms with van der Waals surface area (Å²) >= 11 is 0. The number of hydrogen-bond acceptors (Lipinski definition) is 3. The van der Waals surface area contributed by atoms with Crippen molar-refractivity contribution in [2.24, 2.45) is 5.92 Å². The molecule has 1 aliphatic rings. The lowest BCUT2D eigenvalue weighted by molar-refractivity contribution is -0.120. The van der Waals surface area contributed by atoms with E-state index in [1.54, 1.807) is 0 Å². The number of hydrogen-bond donors (Lipinski definition) is 3. The minimum Gasteiger partial charge on any atom is -0.338 e. The number of imidazole rings is 1. The molecule has 0 saturated heterocycles. The molecule has 1 fully saturated rings. The van der Waals surface area contributed by atoms with Crippen molar-refractivity contribution in [3.8, 4) is 11.4 Å². The highest BCUT2D eigenvalue weighted by atomic mass is 16.2. The van der Waals surface area contributed by atoms with Gasteiger partial charge in [-0.25, -0.2) is 4.98 Å². The first-order chi connectivity index (χ1) is 14.6. The van der Waals surface area contributed by atoms with E-state index in [1.807, 2.05) is 49.4 Å². The second kappa shape index (κ2) is 9.11. The van der Waals surface area contributed by atoms with Crippen LogP contribution in [-0.4, -0.2) is 21.8 Å². The van der Waals surface area contributed by atoms with Crippen molar-refractivity contribution in [1.82, 2.24) is 9.97 Å². The van der Waals surface area contributed by atoms with E-state index in [0.717, 1.165) is 65.9 Å². The average Bonchev–Trinajstić information content (AvgIpc) is 3.18. The molecular weight excluding hydrogens is 376 g/mol. The summed E-state index contributed by atoms with van der Waals surface area (Å²) in [7, 11) is 0. The van der Waals surface area contributed by atoms with E-state index in [2.05, 4.69) is 20.6 Å². The summed E-state index contributed by atoms with van der Waals surface area (Å²) in [6.07, 6.45) is 6.84. The lowest BCUT2D eigenvalue weighted by Crippen LogP contribution is -2.24. The molecule has 3 N–H and O–H groups in total. The third-order valence-corrected chi connectivity index (χ3v) is 5.64. The molecule has 4 rings (SSSR count). The van der Waals surface area contributed by atoms with E-state index in [-0.39, 0.29) is 17.7 Å². The average molecular weight is 405 g/mol. The number of benzene rings is 2. The number of anilines is 2. The van der Waals surface area contributed by atoms with Crippen molar-refractivity contribution in [2.45, 2.75) is 51.9 Å². The second-order valence-electron chi connectivity index (χ2n) is 8.02. The lowest BCUT2D eigenvalue weighted by Gasteiger charge is -2.20. The predicted molar refractivity (Wildman–Crippen MR) is 120 cm³/mol. The summed E-state index contributed by atoms with van der Waals surface area (Å²) in [6, 6.07) is 13.4. The Kier molecular flexibility index (Phi) is 6.12. The monoisotopic (exact) mass is 404 g/mol. The van der Waals surface area contributed by atoms with E-state index in [9.17, 15) is 9.59 Å². The first-order valence-electron chi connectivity index (χ1n) is 10.8. The molecule has 1 heterocycles. The molecule has 156 valence electrons. The van der Waals surface area contributed by atoms with E-state index in [1.165, 1.54) is 6.42 Å². The molecule has 3 aromatic rings. The van der Waals surface area contributed by atoms with Gasteiger partial charge in [-0.15, -0.1) is 0 Å². The van der Waals surface area contributed by atoms with Gasteiger partial charge in [0.05, 0.1) is 11.0 Å². The maximum absolute atomic E-state index is 12.4. The fourth-order valence-corrected chi connectivity index (χ4v) is 4.00. The molecule has 0 radical (unpaired) electrons. The van der Waals surface area contributed by atoms with Gasteiger partial charge in [-0.2, -0.15) is 0 Å². The summed E-state index contributed by atoms with van der Waals surface area (Å²) in [6.45, 7) is 1.98. The summed E-state index contributed by atoms with van der Waals surface area (Å²) in [4.78, 5) is 32.2. The summed E-state index contributed by atoms with van der Waals surface area (Å²) in [5.41, 5.74) is 4.23. The van der Waals surface area contributed by atoms with E-state index in [4.69, 9.17) is 0 Å². The Morgan fingerprint density at radius 1 is 1.00 bits per heavy atom. The van der Waals surface area contributed by atoms with Crippen LogP contribution in [0.15, 0.2) is 42.5 Å². The van der Waals surface area contributed by atoms with E-state index < -0.39 is 0 Å². The highest BCUT2D eigenvalue weighted by Crippen LogP contribution is 2.27. The summed E-state index contributed by atoms with van der Waals surface area (Å²) in [5, 5.41) is 5.95. The SMILES string of the molecule is CCCC(=O)Nc1ccc2nc(-c3ccc(NC(=O)C4CCCCC4)cc3)[nH]c2c1. The molecule has 1 saturated carbocycles. The Balaban J connectivity index is 1.45. The highest BCUT2D eigenvalue weighted by Gasteiger charge is 2.21. The topological polar surface area (TPSA) is 86.9 Å². The minimum absolute atomic E-state index is 0.0162. The van der Waals surface area contributed by atoms with Crippen LogP contribution in [0.5, 0.6) is 0 Å². The van der Waals surface area contributed by atoms with Gasteiger partial charge in [0.15, 0.2) is 0 Å². The van der Waals surface area contributed by atoms with Crippen molar-refractivity contribution >= 4 is 34.2 Å². The van der Waals surface area contributed by atoms with Crippen molar-refractivity contribution in [1.29, 1.82) is 0 Å².